The number of hydrogen-bond acceptors (Lipinski definition) is 9. The summed E-state index contributed by atoms with van der Waals surface area (Å²) in [6.07, 6.45) is 7.55. The summed E-state index contributed by atoms with van der Waals surface area (Å²) in [6.45, 7) is 8.13. The second-order valence-electron chi connectivity index (χ2n) is 11.6. The van der Waals surface area contributed by atoms with Crippen LogP contribution in [0.5, 0.6) is 5.75 Å². The number of amides is 2. The van der Waals surface area contributed by atoms with Gasteiger partial charge in [-0.15, -0.1) is 0 Å². The number of urea groups is 1. The topological polar surface area (TPSA) is 175 Å². The molecule has 0 bridgehead atoms. The predicted molar refractivity (Wildman–Crippen MR) is 183 cm³/mol. The zero-order valence-electron chi connectivity index (χ0n) is 27.6. The van der Waals surface area contributed by atoms with E-state index in [0.717, 1.165) is 63.6 Å². The van der Waals surface area contributed by atoms with Gasteiger partial charge >= 0.3 is 12.0 Å². The van der Waals surface area contributed by atoms with Gasteiger partial charge in [0.25, 0.3) is 5.56 Å². The Labute approximate surface area is 276 Å². The largest absolute Gasteiger partial charge is 0.507 e. The fourth-order valence-corrected chi connectivity index (χ4v) is 4.77. The second-order valence-corrected chi connectivity index (χ2v) is 11.6. The quantitative estimate of drug-likeness (QED) is 0.0377. The van der Waals surface area contributed by atoms with Gasteiger partial charge in [0.15, 0.2) is 5.78 Å². The number of ketones is 1. The molecule has 6 N–H and O–H groups in total. The fraction of sp³-hybridized carbons (Fsp3) is 0.457. The number of phenols is 1. The van der Waals surface area contributed by atoms with Crippen molar-refractivity contribution in [2.24, 2.45) is 0 Å². The number of phenolic OH excluding ortho intramolecular Hbond substituents is 1. The number of aromatic amines is 1. The molecule has 12 nitrogen and oxygen atoms in total. The first-order valence-electron chi connectivity index (χ1n) is 16.4. The normalized spacial score (nSPS) is 10.9. The van der Waals surface area contributed by atoms with Crippen LogP contribution in [-0.4, -0.2) is 59.2 Å². The van der Waals surface area contributed by atoms with Crippen molar-refractivity contribution in [3.8, 4) is 5.75 Å². The van der Waals surface area contributed by atoms with E-state index in [0.29, 0.717) is 24.8 Å². The molecule has 0 saturated heterocycles. The molecule has 0 aliphatic carbocycles. The van der Waals surface area contributed by atoms with Gasteiger partial charge in [-0.2, -0.15) is 0 Å². The van der Waals surface area contributed by atoms with Crippen molar-refractivity contribution in [2.45, 2.75) is 78.1 Å². The lowest BCUT2D eigenvalue weighted by Crippen LogP contribution is -2.29. The van der Waals surface area contributed by atoms with Crippen LogP contribution in [0.25, 0.3) is 0 Å². The number of nitrogens with zero attached hydrogens (tertiary/aromatic N) is 1. The second kappa shape index (κ2) is 19.7. The minimum atomic E-state index is -0.579. The smallest absolute Gasteiger partial charge is 0.338 e. The zero-order valence-corrected chi connectivity index (χ0v) is 27.6. The van der Waals surface area contributed by atoms with Crippen LogP contribution >= 0.6 is 0 Å². The Morgan fingerprint density at radius 3 is 2.34 bits per heavy atom. The van der Waals surface area contributed by atoms with Crippen LogP contribution in [0.2, 0.25) is 0 Å². The maximum Gasteiger partial charge on any atom is 0.338 e. The zero-order chi connectivity index (χ0) is 34.0. The number of ether oxygens (including phenoxy) is 1. The summed E-state index contributed by atoms with van der Waals surface area (Å²) in [5.41, 5.74) is 1.18. The summed E-state index contributed by atoms with van der Waals surface area (Å²) in [5.74, 6) is -0.791. The van der Waals surface area contributed by atoms with Crippen molar-refractivity contribution in [3.63, 3.8) is 0 Å². The molecule has 1 aromatic heterocycles. The molecule has 1 heterocycles. The van der Waals surface area contributed by atoms with E-state index in [9.17, 15) is 24.3 Å². The Morgan fingerprint density at radius 2 is 1.62 bits per heavy atom. The predicted octanol–water partition coefficient (Wildman–Crippen LogP) is 5.91. The van der Waals surface area contributed by atoms with Gasteiger partial charge in [0.1, 0.15) is 5.75 Å². The van der Waals surface area contributed by atoms with Gasteiger partial charge in [-0.05, 0) is 49.9 Å². The van der Waals surface area contributed by atoms with Gasteiger partial charge in [0, 0.05) is 29.9 Å². The molecule has 0 atom stereocenters. The number of unbranched alkanes of at least 4 members (excludes halogenated alkanes) is 6. The number of anilines is 2. The highest BCUT2D eigenvalue weighted by molar-refractivity contribution is 6.15. The molecule has 47 heavy (non-hydrogen) atoms. The minimum Gasteiger partial charge on any atom is -0.507 e. The molecular weight excluding hydrogens is 600 g/mol. The lowest BCUT2D eigenvalue weighted by atomic mass is 9.97. The minimum absolute atomic E-state index is 0.0105. The number of hydrogen-bond donors (Lipinski definition) is 6. The Balaban J connectivity index is 1.34. The number of carbonyl (C=O) groups excluding carboxylic acids is 3. The summed E-state index contributed by atoms with van der Waals surface area (Å²) in [4.78, 5) is 57.1. The molecule has 0 fully saturated rings. The van der Waals surface area contributed by atoms with Crippen LogP contribution in [0.15, 0.2) is 53.3 Å². The summed E-state index contributed by atoms with van der Waals surface area (Å²) in [7, 11) is 0. The number of H-pyrrole nitrogens is 1. The van der Waals surface area contributed by atoms with E-state index in [-0.39, 0.29) is 40.5 Å². The monoisotopic (exact) mass is 648 g/mol. The lowest BCUT2D eigenvalue weighted by Gasteiger charge is -2.12. The molecule has 0 aliphatic heterocycles. The third-order valence-electron chi connectivity index (χ3n) is 7.42. The van der Waals surface area contributed by atoms with E-state index in [1.165, 1.54) is 36.4 Å². The van der Waals surface area contributed by atoms with Crippen LogP contribution < -0.4 is 26.8 Å². The van der Waals surface area contributed by atoms with Gasteiger partial charge in [0.2, 0.25) is 5.95 Å². The molecule has 2 aromatic carbocycles. The van der Waals surface area contributed by atoms with Crippen molar-refractivity contribution in [1.82, 2.24) is 20.6 Å². The summed E-state index contributed by atoms with van der Waals surface area (Å²) < 4.78 is 5.37. The van der Waals surface area contributed by atoms with E-state index in [1.54, 1.807) is 12.1 Å². The first-order valence-corrected chi connectivity index (χ1v) is 16.4. The Morgan fingerprint density at radius 1 is 0.894 bits per heavy atom. The van der Waals surface area contributed by atoms with Crippen LogP contribution in [-0.2, 0) is 4.74 Å². The number of nitrogens with one attached hydrogen (secondary N) is 5. The Hall–Kier alpha value is -4.71. The SMILES string of the molecule is CCCCCCOC(=O)c1ccccc1C(=O)c1ccc(NC(=O)NCCCCCCNCNc2nc(C(C)C)cc(=O)[nH]2)cc1O. The van der Waals surface area contributed by atoms with Crippen LogP contribution in [0.4, 0.5) is 16.4 Å². The van der Waals surface area contributed by atoms with Gasteiger partial charge < -0.3 is 25.8 Å². The average molecular weight is 649 g/mol. The third-order valence-corrected chi connectivity index (χ3v) is 7.42. The number of esters is 1. The lowest BCUT2D eigenvalue weighted by molar-refractivity contribution is 0.0495. The molecule has 254 valence electrons. The maximum atomic E-state index is 13.3. The van der Waals surface area contributed by atoms with Crippen molar-refractivity contribution in [1.29, 1.82) is 0 Å². The van der Waals surface area contributed by atoms with E-state index in [4.69, 9.17) is 4.74 Å². The highest BCUT2D eigenvalue weighted by Crippen LogP contribution is 2.26. The first-order chi connectivity index (χ1) is 22.7. The summed E-state index contributed by atoms with van der Waals surface area (Å²) in [5, 5.41) is 22.4. The summed E-state index contributed by atoms with van der Waals surface area (Å²) in [6, 6.07) is 11.7. The standard InChI is InChI=1S/C35H48N6O6/c1-4-5-6-13-20-47-33(45)27-15-10-9-14-26(27)32(44)28-17-16-25(21-30(28)42)39-35(46)37-19-12-8-7-11-18-36-23-38-34-40-29(24(2)3)22-31(43)41-34/h9-10,14-17,21-22,24,36,42H,4-8,11-13,18-20,23H2,1-3H3,(H2,37,39,46)(H2,38,40,41,43). The number of aromatic hydroxyl groups is 1. The van der Waals surface area contributed by atoms with Crippen LogP contribution in [0, 0.1) is 0 Å². The molecule has 0 unspecified atom stereocenters. The number of rotatable bonds is 20. The van der Waals surface area contributed by atoms with E-state index in [1.807, 2.05) is 13.8 Å². The number of benzene rings is 2. The molecule has 2 amide bonds. The molecule has 3 rings (SSSR count). The van der Waals surface area contributed by atoms with Gasteiger partial charge in [0.05, 0.1) is 30.1 Å². The Bertz CT molecular complexity index is 1520. The molecular formula is C35H48N6O6. The molecule has 12 heteroatoms. The highest BCUT2D eigenvalue weighted by atomic mass is 16.5. The van der Waals surface area contributed by atoms with Crippen molar-refractivity contribution in [2.75, 3.05) is 37.0 Å². The van der Waals surface area contributed by atoms with Crippen molar-refractivity contribution in [3.05, 3.63) is 81.3 Å². The van der Waals surface area contributed by atoms with E-state index >= 15 is 0 Å². The van der Waals surface area contributed by atoms with Crippen molar-refractivity contribution < 1.29 is 24.2 Å². The number of aromatic nitrogens is 2. The van der Waals surface area contributed by atoms with E-state index in [2.05, 4.69) is 38.2 Å². The maximum absolute atomic E-state index is 13.3. The fourth-order valence-electron chi connectivity index (χ4n) is 4.77. The van der Waals surface area contributed by atoms with Crippen molar-refractivity contribution >= 4 is 29.4 Å². The third kappa shape index (κ3) is 12.5. The average Bonchev–Trinajstić information content (AvgIpc) is 3.05. The molecule has 3 aromatic rings. The van der Waals surface area contributed by atoms with Crippen LogP contribution in [0.3, 0.4) is 0 Å². The molecule has 0 radical (unpaired) electrons. The Kier molecular flexibility index (Phi) is 15.4. The molecule has 0 spiro atoms. The molecule has 0 saturated carbocycles. The summed E-state index contributed by atoms with van der Waals surface area (Å²) >= 11 is 0. The van der Waals surface area contributed by atoms with E-state index < -0.39 is 17.8 Å². The number of carbonyl (C=O) groups is 3. The van der Waals surface area contributed by atoms with Gasteiger partial charge in [-0.3, -0.25) is 19.9 Å². The van der Waals surface area contributed by atoms with Crippen LogP contribution in [0.1, 0.15) is 110 Å². The molecule has 0 aliphatic rings. The van der Waals surface area contributed by atoms with Gasteiger partial charge in [-0.25, -0.2) is 14.6 Å². The first kappa shape index (κ1) is 36.8. The van der Waals surface area contributed by atoms with Gasteiger partial charge in [-0.1, -0.05) is 71.1 Å². The highest BCUT2D eigenvalue weighted by Gasteiger charge is 2.21.